The summed E-state index contributed by atoms with van der Waals surface area (Å²) >= 11 is 3.44. The fraction of sp³-hybridized carbons (Fsp3) is 0.278. The van der Waals surface area contributed by atoms with Gasteiger partial charge in [-0.05, 0) is 21.5 Å². The third-order valence-corrected chi connectivity index (χ3v) is 4.10. The first kappa shape index (κ1) is 19.2. The Morgan fingerprint density at radius 3 is 2.12 bits per heavy atom. The maximum absolute atomic E-state index is 12.5. The van der Waals surface area contributed by atoms with Gasteiger partial charge < -0.3 is 23.7 Å². The quantitative estimate of drug-likeness (QED) is 0.486. The summed E-state index contributed by atoms with van der Waals surface area (Å²) in [5.74, 6) is 0.312. The van der Waals surface area contributed by atoms with Crippen LogP contribution < -0.4 is 9.47 Å². The molecule has 2 aromatic carbocycles. The van der Waals surface area contributed by atoms with Gasteiger partial charge in [0.25, 0.3) is 0 Å². The predicted octanol–water partition coefficient (Wildman–Crippen LogP) is 3.87. The van der Waals surface area contributed by atoms with Crippen LogP contribution in [0.2, 0.25) is 0 Å². The van der Waals surface area contributed by atoms with E-state index in [9.17, 15) is 4.79 Å². The maximum atomic E-state index is 12.5. The minimum Gasteiger partial charge on any atom is -0.467 e. The molecule has 0 atom stereocenters. The van der Waals surface area contributed by atoms with E-state index in [2.05, 4.69) is 15.9 Å². The van der Waals surface area contributed by atoms with Crippen LogP contribution in [0.15, 0.2) is 40.9 Å². The lowest BCUT2D eigenvalue weighted by Crippen LogP contribution is -2.10. The summed E-state index contributed by atoms with van der Waals surface area (Å²) in [4.78, 5) is 12.5. The van der Waals surface area contributed by atoms with Gasteiger partial charge in [-0.3, -0.25) is 0 Å². The third kappa shape index (κ3) is 4.50. The number of carbonyl (C=O) groups is 1. The first-order valence-electron chi connectivity index (χ1n) is 7.37. The smallest absolute Gasteiger partial charge is 0.339 e. The zero-order valence-corrected chi connectivity index (χ0v) is 15.8. The molecule has 0 unspecified atom stereocenters. The van der Waals surface area contributed by atoms with E-state index in [1.165, 1.54) is 21.3 Å². The lowest BCUT2D eigenvalue weighted by atomic mass is 9.98. The summed E-state index contributed by atoms with van der Waals surface area (Å²) in [6, 6.07) is 11.1. The first-order valence-corrected chi connectivity index (χ1v) is 8.17. The molecule has 0 bridgehead atoms. The SMILES string of the molecule is COCOc1cc(OCOC)c(-c2ccccc2)c(C(=O)OC)c1Br. The Kier molecular flexibility index (Phi) is 7.24. The number of methoxy groups -OCH3 is 3. The molecule has 0 heterocycles. The number of ether oxygens (including phenoxy) is 5. The first-order chi connectivity index (χ1) is 12.1. The summed E-state index contributed by atoms with van der Waals surface area (Å²) in [7, 11) is 4.35. The standard InChI is InChI=1S/C18H19BrO6/c1-21-10-24-13-9-14(25-11-22-2)17(19)16(18(20)23-3)15(13)12-7-5-4-6-8-12/h4-9H,10-11H2,1-3H3. The van der Waals surface area contributed by atoms with E-state index in [0.717, 1.165) is 5.56 Å². The zero-order chi connectivity index (χ0) is 18.2. The van der Waals surface area contributed by atoms with Crippen LogP contribution in [0.3, 0.4) is 0 Å². The average molecular weight is 411 g/mol. The van der Waals surface area contributed by atoms with Gasteiger partial charge in [0.15, 0.2) is 13.6 Å². The van der Waals surface area contributed by atoms with E-state index in [0.29, 0.717) is 27.1 Å². The van der Waals surface area contributed by atoms with Gasteiger partial charge in [0.2, 0.25) is 0 Å². The highest BCUT2D eigenvalue weighted by molar-refractivity contribution is 9.10. The number of rotatable bonds is 8. The molecule has 0 saturated heterocycles. The van der Waals surface area contributed by atoms with Gasteiger partial charge >= 0.3 is 5.97 Å². The Labute approximate surface area is 154 Å². The summed E-state index contributed by atoms with van der Waals surface area (Å²) in [5, 5.41) is 0. The van der Waals surface area contributed by atoms with Crippen molar-refractivity contribution >= 4 is 21.9 Å². The van der Waals surface area contributed by atoms with Crippen LogP contribution in [0.5, 0.6) is 11.5 Å². The molecule has 2 aromatic rings. The fourth-order valence-corrected chi connectivity index (χ4v) is 2.85. The van der Waals surface area contributed by atoms with Crippen LogP contribution in [0.4, 0.5) is 0 Å². The minimum absolute atomic E-state index is 0.0196. The molecule has 0 spiro atoms. The predicted molar refractivity (Wildman–Crippen MR) is 95.9 cm³/mol. The maximum Gasteiger partial charge on any atom is 0.339 e. The Hall–Kier alpha value is -2.09. The van der Waals surface area contributed by atoms with Crippen LogP contribution in [0.25, 0.3) is 11.1 Å². The number of hydrogen-bond donors (Lipinski definition) is 0. The van der Waals surface area contributed by atoms with Crippen molar-refractivity contribution in [1.82, 2.24) is 0 Å². The Bertz CT molecular complexity index is 717. The second kappa shape index (κ2) is 9.41. The largest absolute Gasteiger partial charge is 0.467 e. The molecule has 0 fully saturated rings. The van der Waals surface area contributed by atoms with Crippen molar-refractivity contribution in [3.8, 4) is 22.6 Å². The molecule has 0 aliphatic heterocycles. The fourth-order valence-electron chi connectivity index (χ4n) is 2.26. The molecule has 7 heteroatoms. The van der Waals surface area contributed by atoms with Crippen LogP contribution in [-0.4, -0.2) is 40.9 Å². The van der Waals surface area contributed by atoms with E-state index in [1.54, 1.807) is 6.07 Å². The van der Waals surface area contributed by atoms with Crippen molar-refractivity contribution in [1.29, 1.82) is 0 Å². The molecule has 0 aliphatic rings. The number of esters is 1. The van der Waals surface area contributed by atoms with Crippen molar-refractivity contribution in [2.75, 3.05) is 34.9 Å². The van der Waals surface area contributed by atoms with Crippen LogP contribution in [0.1, 0.15) is 10.4 Å². The summed E-state index contributed by atoms with van der Waals surface area (Å²) < 4.78 is 26.6. The van der Waals surface area contributed by atoms with E-state index < -0.39 is 5.97 Å². The number of benzene rings is 2. The molecule has 2 rings (SSSR count). The van der Waals surface area contributed by atoms with E-state index >= 15 is 0 Å². The molecule has 0 amide bonds. The second-order valence-electron chi connectivity index (χ2n) is 4.90. The van der Waals surface area contributed by atoms with Gasteiger partial charge in [0.1, 0.15) is 11.5 Å². The summed E-state index contributed by atoms with van der Waals surface area (Å²) in [6.45, 7) is 0.0411. The topological polar surface area (TPSA) is 63.2 Å². The average Bonchev–Trinajstić information content (AvgIpc) is 2.65. The van der Waals surface area contributed by atoms with Crippen molar-refractivity contribution < 1.29 is 28.5 Å². The van der Waals surface area contributed by atoms with Gasteiger partial charge in [-0.25, -0.2) is 4.79 Å². The van der Waals surface area contributed by atoms with Crippen LogP contribution in [0, 0.1) is 0 Å². The Balaban J connectivity index is 2.71. The van der Waals surface area contributed by atoms with Crippen molar-refractivity contribution in [2.24, 2.45) is 0 Å². The normalized spacial score (nSPS) is 10.4. The van der Waals surface area contributed by atoms with E-state index in [4.69, 9.17) is 23.7 Å². The lowest BCUT2D eigenvalue weighted by Gasteiger charge is -2.19. The van der Waals surface area contributed by atoms with Gasteiger partial charge in [0.05, 0.1) is 17.1 Å². The molecule has 25 heavy (non-hydrogen) atoms. The highest BCUT2D eigenvalue weighted by Crippen LogP contribution is 2.43. The molecule has 0 aliphatic carbocycles. The highest BCUT2D eigenvalue weighted by atomic mass is 79.9. The van der Waals surface area contributed by atoms with E-state index in [-0.39, 0.29) is 13.6 Å². The second-order valence-corrected chi connectivity index (χ2v) is 5.69. The minimum atomic E-state index is -0.518. The van der Waals surface area contributed by atoms with Crippen molar-refractivity contribution in [2.45, 2.75) is 0 Å². The highest BCUT2D eigenvalue weighted by Gasteiger charge is 2.25. The Morgan fingerprint density at radius 1 is 0.960 bits per heavy atom. The van der Waals surface area contributed by atoms with Crippen LogP contribution >= 0.6 is 15.9 Å². The summed E-state index contributed by atoms with van der Waals surface area (Å²) in [5.41, 5.74) is 1.68. The number of hydrogen-bond acceptors (Lipinski definition) is 6. The molecule has 0 N–H and O–H groups in total. The van der Waals surface area contributed by atoms with Gasteiger partial charge in [-0.2, -0.15) is 0 Å². The third-order valence-electron chi connectivity index (χ3n) is 3.31. The zero-order valence-electron chi connectivity index (χ0n) is 14.2. The molecule has 6 nitrogen and oxygen atoms in total. The number of carbonyl (C=O) groups excluding carboxylic acids is 1. The Morgan fingerprint density at radius 2 is 1.56 bits per heavy atom. The van der Waals surface area contributed by atoms with E-state index in [1.807, 2.05) is 30.3 Å². The lowest BCUT2D eigenvalue weighted by molar-refractivity contribution is 0.0449. The molecule has 0 radical (unpaired) electrons. The molecular weight excluding hydrogens is 392 g/mol. The van der Waals surface area contributed by atoms with Gasteiger partial charge in [-0.15, -0.1) is 0 Å². The van der Waals surface area contributed by atoms with Gasteiger partial charge in [-0.1, -0.05) is 30.3 Å². The van der Waals surface area contributed by atoms with Crippen molar-refractivity contribution in [3.63, 3.8) is 0 Å². The van der Waals surface area contributed by atoms with Crippen molar-refractivity contribution in [3.05, 3.63) is 46.4 Å². The summed E-state index contributed by atoms with van der Waals surface area (Å²) in [6.07, 6.45) is 0. The van der Waals surface area contributed by atoms with Gasteiger partial charge in [0, 0.05) is 25.8 Å². The monoisotopic (exact) mass is 410 g/mol. The molecular formula is C18H19BrO6. The van der Waals surface area contributed by atoms with Crippen LogP contribution in [-0.2, 0) is 14.2 Å². The molecule has 0 aromatic heterocycles. The molecule has 0 saturated carbocycles. The number of halogens is 1. The molecule has 134 valence electrons.